The Bertz CT molecular complexity index is 1050. The number of carbonyl (C=O) groups is 2. The molecular weight excluding hydrogens is 394 g/mol. The van der Waals surface area contributed by atoms with E-state index in [2.05, 4.69) is 15.6 Å². The van der Waals surface area contributed by atoms with E-state index in [1.54, 1.807) is 25.1 Å². The Morgan fingerprint density at radius 1 is 1.11 bits per heavy atom. The molecule has 3 aromatic rings. The van der Waals surface area contributed by atoms with Gasteiger partial charge in [-0.25, -0.2) is 4.98 Å². The van der Waals surface area contributed by atoms with Gasteiger partial charge in [-0.05, 0) is 50.6 Å². The van der Waals surface area contributed by atoms with Gasteiger partial charge in [0.15, 0.2) is 0 Å². The van der Waals surface area contributed by atoms with E-state index >= 15 is 0 Å². The van der Waals surface area contributed by atoms with E-state index in [0.29, 0.717) is 33.4 Å². The number of thiazole rings is 1. The number of nitrogens with one attached hydrogen (secondary N) is 2. The number of anilines is 1. The molecule has 0 atom stereocenters. The first-order chi connectivity index (χ1) is 13.4. The predicted octanol–water partition coefficient (Wildman–Crippen LogP) is 5.08. The summed E-state index contributed by atoms with van der Waals surface area (Å²) in [7, 11) is 0. The molecule has 0 aliphatic heterocycles. The van der Waals surface area contributed by atoms with Gasteiger partial charge in [-0.3, -0.25) is 9.59 Å². The monoisotopic (exact) mass is 413 g/mol. The molecule has 0 aliphatic rings. The maximum absolute atomic E-state index is 12.8. The summed E-state index contributed by atoms with van der Waals surface area (Å²) in [6.45, 7) is 6.09. The van der Waals surface area contributed by atoms with Crippen LogP contribution in [0.15, 0.2) is 42.5 Å². The zero-order valence-corrected chi connectivity index (χ0v) is 17.4. The van der Waals surface area contributed by atoms with Crippen molar-refractivity contribution in [3.05, 3.63) is 69.2 Å². The maximum Gasteiger partial charge on any atom is 0.267 e. The smallest absolute Gasteiger partial charge is 0.267 e. The van der Waals surface area contributed by atoms with Crippen LogP contribution in [0.1, 0.15) is 38.2 Å². The second-order valence-electron chi connectivity index (χ2n) is 6.29. The molecule has 5 nitrogen and oxygen atoms in total. The molecule has 0 fully saturated rings. The van der Waals surface area contributed by atoms with Crippen LogP contribution in [0.5, 0.6) is 0 Å². The first kappa shape index (κ1) is 20.0. The number of hydrogen-bond acceptors (Lipinski definition) is 4. The van der Waals surface area contributed by atoms with Crippen LogP contribution in [0, 0.1) is 13.8 Å². The first-order valence-electron chi connectivity index (χ1n) is 8.82. The third-order valence-corrected chi connectivity index (χ3v) is 5.60. The molecule has 2 aromatic carbocycles. The number of carbonyl (C=O) groups excluding carboxylic acids is 2. The van der Waals surface area contributed by atoms with Crippen LogP contribution >= 0.6 is 22.9 Å². The summed E-state index contributed by atoms with van der Waals surface area (Å²) in [5, 5.41) is 7.02. The fourth-order valence-corrected chi connectivity index (χ4v) is 3.84. The molecule has 0 saturated heterocycles. The molecule has 0 radical (unpaired) electrons. The van der Waals surface area contributed by atoms with Crippen molar-refractivity contribution in [3.8, 4) is 10.6 Å². The average Bonchev–Trinajstić information content (AvgIpc) is 3.05. The lowest BCUT2D eigenvalue weighted by Gasteiger charge is -2.10. The van der Waals surface area contributed by atoms with Gasteiger partial charge in [-0.1, -0.05) is 29.8 Å². The Morgan fingerprint density at radius 3 is 2.61 bits per heavy atom. The molecule has 28 heavy (non-hydrogen) atoms. The minimum atomic E-state index is -0.251. The molecule has 0 aliphatic carbocycles. The maximum atomic E-state index is 12.8. The zero-order chi connectivity index (χ0) is 20.3. The van der Waals surface area contributed by atoms with E-state index in [1.165, 1.54) is 11.3 Å². The van der Waals surface area contributed by atoms with E-state index in [9.17, 15) is 9.59 Å². The van der Waals surface area contributed by atoms with Gasteiger partial charge in [0.05, 0.1) is 5.69 Å². The number of halogens is 1. The van der Waals surface area contributed by atoms with Crippen LogP contribution in [0.25, 0.3) is 10.6 Å². The molecule has 7 heteroatoms. The zero-order valence-electron chi connectivity index (χ0n) is 15.8. The van der Waals surface area contributed by atoms with Crippen LogP contribution in [-0.2, 0) is 0 Å². The van der Waals surface area contributed by atoms with Gasteiger partial charge in [0.1, 0.15) is 9.88 Å². The molecule has 0 bridgehead atoms. The van der Waals surface area contributed by atoms with Gasteiger partial charge < -0.3 is 10.6 Å². The molecule has 1 aromatic heterocycles. The number of aryl methyl sites for hydroxylation is 2. The molecular formula is C21H20ClN3O2S. The van der Waals surface area contributed by atoms with Crippen LogP contribution in [-0.4, -0.2) is 23.3 Å². The van der Waals surface area contributed by atoms with Crippen molar-refractivity contribution in [3.63, 3.8) is 0 Å². The molecule has 0 unspecified atom stereocenters. The average molecular weight is 414 g/mol. The van der Waals surface area contributed by atoms with Gasteiger partial charge in [0.25, 0.3) is 11.8 Å². The third kappa shape index (κ3) is 4.40. The first-order valence-corrected chi connectivity index (χ1v) is 10.0. The SMILES string of the molecule is CCNC(=O)c1ccc(C)c(NC(=O)c2sc(-c3cccc(Cl)c3)nc2C)c1. The van der Waals surface area contributed by atoms with Crippen molar-refractivity contribution in [2.45, 2.75) is 20.8 Å². The van der Waals surface area contributed by atoms with Crippen molar-refractivity contribution >= 4 is 40.4 Å². The highest BCUT2D eigenvalue weighted by atomic mass is 35.5. The highest BCUT2D eigenvalue weighted by molar-refractivity contribution is 7.17. The van der Waals surface area contributed by atoms with Gasteiger partial charge in [0, 0.05) is 28.4 Å². The molecule has 2 amide bonds. The molecule has 0 saturated carbocycles. The number of benzene rings is 2. The Hall–Kier alpha value is -2.70. The van der Waals surface area contributed by atoms with Crippen LogP contribution in [0.3, 0.4) is 0 Å². The van der Waals surface area contributed by atoms with E-state index < -0.39 is 0 Å². The van der Waals surface area contributed by atoms with E-state index in [1.807, 2.05) is 38.1 Å². The summed E-state index contributed by atoms with van der Waals surface area (Å²) in [4.78, 5) is 29.9. The Kier molecular flexibility index (Phi) is 6.11. The summed E-state index contributed by atoms with van der Waals surface area (Å²) >= 11 is 7.37. The third-order valence-electron chi connectivity index (χ3n) is 4.16. The fraction of sp³-hybridized carbons (Fsp3) is 0.190. The lowest BCUT2D eigenvalue weighted by Crippen LogP contribution is -2.23. The van der Waals surface area contributed by atoms with E-state index in [4.69, 9.17) is 11.6 Å². The van der Waals surface area contributed by atoms with Gasteiger partial charge >= 0.3 is 0 Å². The molecule has 144 valence electrons. The molecule has 3 rings (SSSR count). The van der Waals surface area contributed by atoms with Crippen molar-refractivity contribution in [1.82, 2.24) is 10.3 Å². The predicted molar refractivity (Wildman–Crippen MR) is 114 cm³/mol. The normalized spacial score (nSPS) is 10.6. The Balaban J connectivity index is 1.86. The van der Waals surface area contributed by atoms with Crippen molar-refractivity contribution in [1.29, 1.82) is 0 Å². The van der Waals surface area contributed by atoms with Gasteiger partial charge in [-0.2, -0.15) is 0 Å². The summed E-state index contributed by atoms with van der Waals surface area (Å²) in [5.74, 6) is -0.422. The van der Waals surface area contributed by atoms with Gasteiger partial charge in [-0.15, -0.1) is 11.3 Å². The summed E-state index contributed by atoms with van der Waals surface area (Å²) in [6.07, 6.45) is 0. The summed E-state index contributed by atoms with van der Waals surface area (Å²) in [6, 6.07) is 12.6. The highest BCUT2D eigenvalue weighted by Gasteiger charge is 2.18. The topological polar surface area (TPSA) is 71.1 Å². The molecule has 2 N–H and O–H groups in total. The number of amides is 2. The minimum Gasteiger partial charge on any atom is -0.352 e. The van der Waals surface area contributed by atoms with Crippen molar-refractivity contribution in [2.24, 2.45) is 0 Å². The number of aromatic nitrogens is 1. The lowest BCUT2D eigenvalue weighted by molar-refractivity contribution is 0.0954. The minimum absolute atomic E-state index is 0.171. The standard InChI is InChI=1S/C21H20ClN3O2S/c1-4-23-19(26)14-9-8-12(2)17(11-14)25-20(27)18-13(3)24-21(28-18)15-6-5-7-16(22)10-15/h5-11H,4H2,1-3H3,(H,23,26)(H,25,27). The lowest BCUT2D eigenvalue weighted by atomic mass is 10.1. The summed E-state index contributed by atoms with van der Waals surface area (Å²) in [5.41, 5.74) is 3.50. The van der Waals surface area contributed by atoms with Crippen molar-refractivity contribution in [2.75, 3.05) is 11.9 Å². The highest BCUT2D eigenvalue weighted by Crippen LogP contribution is 2.30. The number of rotatable bonds is 5. The van der Waals surface area contributed by atoms with Crippen LogP contribution in [0.4, 0.5) is 5.69 Å². The second kappa shape index (κ2) is 8.54. The van der Waals surface area contributed by atoms with Crippen LogP contribution in [0.2, 0.25) is 5.02 Å². The Labute approximate surface area is 172 Å². The van der Waals surface area contributed by atoms with E-state index in [0.717, 1.165) is 16.1 Å². The number of hydrogen-bond donors (Lipinski definition) is 2. The van der Waals surface area contributed by atoms with Gasteiger partial charge in [0.2, 0.25) is 0 Å². The second-order valence-corrected chi connectivity index (χ2v) is 7.72. The number of nitrogens with zero attached hydrogens (tertiary/aromatic N) is 1. The quantitative estimate of drug-likeness (QED) is 0.612. The molecule has 0 spiro atoms. The Morgan fingerprint density at radius 2 is 1.89 bits per heavy atom. The largest absolute Gasteiger partial charge is 0.352 e. The fourth-order valence-electron chi connectivity index (χ4n) is 2.69. The van der Waals surface area contributed by atoms with E-state index in [-0.39, 0.29) is 11.8 Å². The van der Waals surface area contributed by atoms with Crippen LogP contribution < -0.4 is 10.6 Å². The van der Waals surface area contributed by atoms with Crippen molar-refractivity contribution < 1.29 is 9.59 Å². The molecule has 1 heterocycles. The summed E-state index contributed by atoms with van der Waals surface area (Å²) < 4.78 is 0.